The Hall–Kier alpha value is -1.46. The van der Waals surface area contributed by atoms with Gasteiger partial charge in [0.2, 0.25) is 0 Å². The summed E-state index contributed by atoms with van der Waals surface area (Å²) >= 11 is 0. The van der Waals surface area contributed by atoms with Crippen LogP contribution in [-0.2, 0) is 0 Å². The van der Waals surface area contributed by atoms with Crippen LogP contribution in [0.5, 0.6) is 17.2 Å². The predicted octanol–water partition coefficient (Wildman–Crippen LogP) is 4.99. The monoisotopic (exact) mass is 506 g/mol. The van der Waals surface area contributed by atoms with Gasteiger partial charge in [-0.1, -0.05) is 59.7 Å². The van der Waals surface area contributed by atoms with Crippen molar-refractivity contribution in [2.45, 2.75) is 74.7 Å². The Kier molecular flexibility index (Phi) is 14.8. The molecule has 4 nitrogen and oxygen atoms in total. The fourth-order valence-electron chi connectivity index (χ4n) is 3.50. The van der Waals surface area contributed by atoms with Crippen LogP contribution in [0.3, 0.4) is 0 Å². The van der Waals surface area contributed by atoms with Crippen molar-refractivity contribution in [1.82, 2.24) is 0 Å². The molecular weight excluding hydrogens is 462 g/mol. The molecule has 0 radical (unpaired) electrons. The largest absolute Gasteiger partial charge is 1.00 e. The maximum absolute atomic E-state index is 13.5. The number of benzene rings is 2. The standard InChI is InChI=1S/C30H44O4P.Li/c1-20(2)12-15-32-25-18-26(33-16-13-21(3)4)29(27(19-25)34-17-14-22(5)6)35-30(31)28-23(7)10-9-11-24(28)8;/h9-11,18-22H,12-17H2,1-8H3;/q-1;+1. The van der Waals surface area contributed by atoms with Gasteiger partial charge >= 0.3 is 18.9 Å². The van der Waals surface area contributed by atoms with Crippen molar-refractivity contribution in [1.29, 1.82) is 0 Å². The van der Waals surface area contributed by atoms with Crippen molar-refractivity contribution in [2.75, 3.05) is 19.8 Å². The number of hydrogen-bond acceptors (Lipinski definition) is 4. The molecule has 0 bridgehead atoms. The smallest absolute Gasteiger partial charge is 0.496 e. The van der Waals surface area contributed by atoms with Crippen LogP contribution in [0.15, 0.2) is 30.3 Å². The van der Waals surface area contributed by atoms with Gasteiger partial charge < -0.3 is 27.6 Å². The maximum Gasteiger partial charge on any atom is 1.00 e. The molecular formula is C30H44LiO4P. The zero-order chi connectivity index (χ0) is 26.0. The molecule has 2 rings (SSSR count). The Balaban J connectivity index is 0.00000648. The van der Waals surface area contributed by atoms with E-state index in [0.29, 0.717) is 57.7 Å². The summed E-state index contributed by atoms with van der Waals surface area (Å²) in [6.45, 7) is 18.9. The molecule has 6 heteroatoms. The molecule has 0 heterocycles. The topological polar surface area (TPSA) is 44.8 Å². The van der Waals surface area contributed by atoms with E-state index in [4.69, 9.17) is 14.2 Å². The molecule has 0 unspecified atom stereocenters. The average Bonchev–Trinajstić information content (AvgIpc) is 2.75. The molecule has 0 saturated carbocycles. The van der Waals surface area contributed by atoms with Crippen LogP contribution < -0.4 is 38.4 Å². The first-order valence-corrected chi connectivity index (χ1v) is 13.9. The number of carbonyl (C=O) groups is 1. The van der Waals surface area contributed by atoms with Gasteiger partial charge in [-0.25, -0.2) is 0 Å². The van der Waals surface area contributed by atoms with E-state index in [9.17, 15) is 4.79 Å². The molecule has 0 saturated heterocycles. The summed E-state index contributed by atoms with van der Waals surface area (Å²) in [5.74, 6) is 3.69. The van der Waals surface area contributed by atoms with Crippen LogP contribution in [0, 0.1) is 31.6 Å². The molecule has 36 heavy (non-hydrogen) atoms. The Morgan fingerprint density at radius 3 is 1.58 bits per heavy atom. The molecule has 194 valence electrons. The van der Waals surface area contributed by atoms with Gasteiger partial charge in [-0.3, -0.25) is 0 Å². The fourth-order valence-corrected chi connectivity index (χ4v) is 4.65. The molecule has 0 aromatic heterocycles. The van der Waals surface area contributed by atoms with Crippen molar-refractivity contribution in [3.05, 3.63) is 47.0 Å². The van der Waals surface area contributed by atoms with Crippen molar-refractivity contribution in [2.24, 2.45) is 17.8 Å². The maximum atomic E-state index is 13.5. The molecule has 0 aliphatic rings. The minimum atomic E-state index is 0. The van der Waals surface area contributed by atoms with Gasteiger partial charge in [-0.15, -0.1) is 5.30 Å². The minimum Gasteiger partial charge on any atom is -0.496 e. The van der Waals surface area contributed by atoms with Crippen LogP contribution in [0.1, 0.15) is 82.3 Å². The molecule has 0 atom stereocenters. The number of rotatable bonds is 15. The average molecular weight is 507 g/mol. The van der Waals surface area contributed by atoms with Crippen LogP contribution in [0.2, 0.25) is 0 Å². The molecule has 2 aromatic rings. The first-order chi connectivity index (χ1) is 16.6. The third-order valence-electron chi connectivity index (χ3n) is 5.79. The van der Waals surface area contributed by atoms with E-state index in [1.165, 1.54) is 0 Å². The first kappa shape index (κ1) is 32.6. The van der Waals surface area contributed by atoms with Gasteiger partial charge in [0.1, 0.15) is 5.75 Å². The SMILES string of the molecule is Cc1cccc(C)c1C(=O)[P-]c1c(OCCC(C)C)cc(OCCC(C)C)cc1OCCC(C)C.[Li+]. The van der Waals surface area contributed by atoms with Gasteiger partial charge in [-0.05, 0) is 67.6 Å². The van der Waals surface area contributed by atoms with Gasteiger partial charge in [0.25, 0.3) is 0 Å². The second kappa shape index (κ2) is 16.4. The Morgan fingerprint density at radius 1 is 0.750 bits per heavy atom. The minimum absolute atomic E-state index is 0. The number of aryl methyl sites for hydroxylation is 2. The number of carbonyl (C=O) groups excluding carboxylic acids is 1. The Bertz CT molecular complexity index is 901. The molecule has 0 aliphatic carbocycles. The van der Waals surface area contributed by atoms with Crippen LogP contribution in [-0.4, -0.2) is 25.3 Å². The summed E-state index contributed by atoms with van der Waals surface area (Å²) < 4.78 is 18.6. The van der Waals surface area contributed by atoms with E-state index in [-0.39, 0.29) is 24.4 Å². The van der Waals surface area contributed by atoms with Gasteiger partial charge in [0.15, 0.2) is 0 Å². The van der Waals surface area contributed by atoms with Gasteiger partial charge in [-0.2, -0.15) is 0 Å². The van der Waals surface area contributed by atoms with Crippen molar-refractivity contribution in [3.8, 4) is 17.2 Å². The molecule has 0 amide bonds. The Morgan fingerprint density at radius 2 is 1.17 bits per heavy atom. The van der Waals surface area contributed by atoms with Crippen LogP contribution >= 0.6 is 8.58 Å². The van der Waals surface area contributed by atoms with E-state index in [1.54, 1.807) is 0 Å². The van der Waals surface area contributed by atoms with E-state index >= 15 is 0 Å². The molecule has 0 N–H and O–H groups in total. The summed E-state index contributed by atoms with van der Waals surface area (Å²) in [4.78, 5) is 13.5. The van der Waals surface area contributed by atoms with Crippen LogP contribution in [0.25, 0.3) is 0 Å². The third-order valence-corrected chi connectivity index (χ3v) is 6.88. The second-order valence-electron chi connectivity index (χ2n) is 10.5. The second-order valence-corrected chi connectivity index (χ2v) is 11.6. The molecule has 2 aromatic carbocycles. The summed E-state index contributed by atoms with van der Waals surface area (Å²) in [6.07, 6.45) is 2.84. The van der Waals surface area contributed by atoms with Gasteiger partial charge in [0, 0.05) is 17.7 Å². The Labute approximate surface area is 233 Å². The quantitative estimate of drug-likeness (QED) is 0.252. The summed E-state index contributed by atoms with van der Waals surface area (Å²) in [6, 6.07) is 9.82. The fraction of sp³-hybridized carbons (Fsp3) is 0.567. The summed E-state index contributed by atoms with van der Waals surface area (Å²) in [5, 5.41) is 0.779. The van der Waals surface area contributed by atoms with Crippen molar-refractivity contribution in [3.63, 3.8) is 0 Å². The van der Waals surface area contributed by atoms with E-state index < -0.39 is 0 Å². The number of ether oxygens (including phenoxy) is 3. The van der Waals surface area contributed by atoms with E-state index in [2.05, 4.69) is 41.5 Å². The zero-order valence-corrected chi connectivity index (χ0v) is 24.8. The van der Waals surface area contributed by atoms with Crippen molar-refractivity contribution >= 4 is 19.4 Å². The van der Waals surface area contributed by atoms with Crippen LogP contribution in [0.4, 0.5) is 0 Å². The normalized spacial score (nSPS) is 11.4. The van der Waals surface area contributed by atoms with E-state index in [0.717, 1.165) is 47.0 Å². The predicted molar refractivity (Wildman–Crippen MR) is 148 cm³/mol. The van der Waals surface area contributed by atoms with Gasteiger partial charge in [0.05, 0.1) is 31.3 Å². The third kappa shape index (κ3) is 10.9. The first-order valence-electron chi connectivity index (χ1n) is 13.0. The summed E-state index contributed by atoms with van der Waals surface area (Å²) in [5.41, 5.74) is 2.80. The van der Waals surface area contributed by atoms with Crippen molar-refractivity contribution < 1.29 is 37.9 Å². The molecule has 0 aliphatic heterocycles. The molecule has 0 spiro atoms. The summed E-state index contributed by atoms with van der Waals surface area (Å²) in [7, 11) is 0.548. The molecule has 0 fully saturated rings. The zero-order valence-electron chi connectivity index (χ0n) is 23.9. The number of hydrogen-bond donors (Lipinski definition) is 0. The van der Waals surface area contributed by atoms with E-state index in [1.807, 2.05) is 44.2 Å².